The lowest BCUT2D eigenvalue weighted by Gasteiger charge is -2.09. The van der Waals surface area contributed by atoms with Crippen molar-refractivity contribution in [3.63, 3.8) is 0 Å². The number of carboxylic acid groups (broad SMARTS) is 1. The Morgan fingerprint density at radius 3 is 2.81 bits per heavy atom. The zero-order chi connectivity index (χ0) is 14.7. The number of pyridine rings is 1. The number of nitrogens with one attached hydrogen (secondary N) is 1. The summed E-state index contributed by atoms with van der Waals surface area (Å²) in [5, 5.41) is 13.4. The Bertz CT molecular complexity index is 794. The van der Waals surface area contributed by atoms with Crippen LogP contribution in [0, 0.1) is 0 Å². The lowest BCUT2D eigenvalue weighted by atomic mass is 10.1. The lowest BCUT2D eigenvalue weighted by molar-refractivity contribution is 0.0697. The molecule has 3 rings (SSSR count). The summed E-state index contributed by atoms with van der Waals surface area (Å²) in [5.74, 6) is -0.923. The second-order valence-electron chi connectivity index (χ2n) is 4.73. The van der Waals surface area contributed by atoms with Gasteiger partial charge < -0.3 is 10.4 Å². The first-order valence-electron chi connectivity index (χ1n) is 6.64. The van der Waals surface area contributed by atoms with Gasteiger partial charge >= 0.3 is 5.97 Å². The molecule has 0 spiro atoms. The van der Waals surface area contributed by atoms with Crippen molar-refractivity contribution in [1.82, 2.24) is 4.98 Å². The first-order valence-corrected chi connectivity index (χ1v) is 6.64. The molecule has 4 heteroatoms. The highest BCUT2D eigenvalue weighted by Crippen LogP contribution is 2.18. The van der Waals surface area contributed by atoms with Crippen LogP contribution in [-0.4, -0.2) is 16.1 Å². The van der Waals surface area contributed by atoms with Crippen molar-refractivity contribution in [2.24, 2.45) is 0 Å². The summed E-state index contributed by atoms with van der Waals surface area (Å²) in [6.07, 6.45) is 1.78. The fourth-order valence-electron chi connectivity index (χ4n) is 2.27. The summed E-state index contributed by atoms with van der Waals surface area (Å²) >= 11 is 0. The van der Waals surface area contributed by atoms with Gasteiger partial charge in [-0.05, 0) is 35.9 Å². The van der Waals surface area contributed by atoms with Crippen molar-refractivity contribution < 1.29 is 9.90 Å². The van der Waals surface area contributed by atoms with Crippen LogP contribution in [0.15, 0.2) is 60.8 Å². The molecule has 0 amide bonds. The molecule has 21 heavy (non-hydrogen) atoms. The van der Waals surface area contributed by atoms with Gasteiger partial charge in [0.25, 0.3) is 0 Å². The van der Waals surface area contributed by atoms with Crippen molar-refractivity contribution >= 4 is 22.6 Å². The van der Waals surface area contributed by atoms with Crippen LogP contribution in [0.25, 0.3) is 10.9 Å². The monoisotopic (exact) mass is 278 g/mol. The quantitative estimate of drug-likeness (QED) is 0.766. The van der Waals surface area contributed by atoms with E-state index in [1.165, 1.54) is 0 Å². The Labute approximate surface area is 122 Å². The summed E-state index contributed by atoms with van der Waals surface area (Å²) in [4.78, 5) is 15.3. The number of aromatic nitrogens is 1. The first-order chi connectivity index (χ1) is 10.2. The summed E-state index contributed by atoms with van der Waals surface area (Å²) < 4.78 is 0. The van der Waals surface area contributed by atoms with Crippen LogP contribution < -0.4 is 5.32 Å². The van der Waals surface area contributed by atoms with E-state index in [9.17, 15) is 4.79 Å². The van der Waals surface area contributed by atoms with E-state index in [0.717, 1.165) is 22.2 Å². The van der Waals surface area contributed by atoms with E-state index in [1.54, 1.807) is 24.4 Å². The van der Waals surface area contributed by atoms with Crippen LogP contribution in [0.1, 0.15) is 15.9 Å². The van der Waals surface area contributed by atoms with E-state index in [4.69, 9.17) is 5.11 Å². The molecule has 0 bridgehead atoms. The highest BCUT2D eigenvalue weighted by atomic mass is 16.4. The molecule has 1 aromatic heterocycles. The number of fused-ring (bicyclic) bond motifs is 1. The van der Waals surface area contributed by atoms with Crippen molar-refractivity contribution in [2.75, 3.05) is 5.32 Å². The molecule has 1 heterocycles. The van der Waals surface area contributed by atoms with Gasteiger partial charge in [-0.1, -0.05) is 24.3 Å². The van der Waals surface area contributed by atoms with Crippen molar-refractivity contribution in [2.45, 2.75) is 6.54 Å². The number of benzene rings is 2. The molecule has 0 unspecified atom stereocenters. The van der Waals surface area contributed by atoms with Crippen molar-refractivity contribution in [3.8, 4) is 0 Å². The van der Waals surface area contributed by atoms with Crippen LogP contribution in [0.2, 0.25) is 0 Å². The third kappa shape index (κ3) is 2.84. The van der Waals surface area contributed by atoms with Gasteiger partial charge in [0.2, 0.25) is 0 Å². The molecule has 0 saturated heterocycles. The minimum absolute atomic E-state index is 0.277. The number of carboxylic acids is 1. The Morgan fingerprint density at radius 2 is 1.95 bits per heavy atom. The summed E-state index contributed by atoms with van der Waals surface area (Å²) in [7, 11) is 0. The standard InChI is InChI=1S/C17H14N2O2/c20-17(21)12-4-3-5-14(10-12)19-11-13-8-9-18-16-7-2-1-6-15(13)16/h1-10,19H,11H2,(H,20,21). The molecular formula is C17H14N2O2. The predicted molar refractivity (Wildman–Crippen MR) is 82.5 cm³/mol. The number of hydrogen-bond donors (Lipinski definition) is 2. The fraction of sp³-hybridized carbons (Fsp3) is 0.0588. The van der Waals surface area contributed by atoms with Crippen LogP contribution in [0.5, 0.6) is 0 Å². The molecule has 0 saturated carbocycles. The van der Waals surface area contributed by atoms with Gasteiger partial charge in [0.1, 0.15) is 0 Å². The minimum Gasteiger partial charge on any atom is -0.478 e. The van der Waals surface area contributed by atoms with E-state index in [0.29, 0.717) is 6.54 Å². The number of aromatic carboxylic acids is 1. The van der Waals surface area contributed by atoms with Gasteiger partial charge in [-0.2, -0.15) is 0 Å². The summed E-state index contributed by atoms with van der Waals surface area (Å²) in [6.45, 7) is 0.617. The average Bonchev–Trinajstić information content (AvgIpc) is 2.53. The number of carbonyl (C=O) groups is 1. The molecule has 0 aliphatic rings. The number of para-hydroxylation sites is 1. The van der Waals surface area contributed by atoms with Gasteiger partial charge in [0.05, 0.1) is 11.1 Å². The molecule has 0 radical (unpaired) electrons. The maximum absolute atomic E-state index is 11.0. The highest BCUT2D eigenvalue weighted by molar-refractivity contribution is 5.88. The Morgan fingerprint density at radius 1 is 1.10 bits per heavy atom. The van der Waals surface area contributed by atoms with E-state index < -0.39 is 5.97 Å². The molecule has 3 aromatic rings. The second-order valence-corrected chi connectivity index (χ2v) is 4.73. The number of anilines is 1. The molecule has 0 fully saturated rings. The van der Waals surface area contributed by atoms with Gasteiger partial charge in [-0.15, -0.1) is 0 Å². The molecule has 104 valence electrons. The summed E-state index contributed by atoms with van der Waals surface area (Å²) in [5.41, 5.74) is 3.15. The molecule has 4 nitrogen and oxygen atoms in total. The molecule has 0 aliphatic heterocycles. The normalized spacial score (nSPS) is 10.5. The molecule has 2 N–H and O–H groups in total. The van der Waals surface area contributed by atoms with Crippen LogP contribution in [0.3, 0.4) is 0 Å². The zero-order valence-corrected chi connectivity index (χ0v) is 11.3. The highest BCUT2D eigenvalue weighted by Gasteiger charge is 2.04. The average molecular weight is 278 g/mol. The number of hydrogen-bond acceptors (Lipinski definition) is 3. The third-order valence-corrected chi connectivity index (χ3v) is 3.33. The van der Waals surface area contributed by atoms with E-state index >= 15 is 0 Å². The minimum atomic E-state index is -0.923. The Balaban J connectivity index is 1.84. The summed E-state index contributed by atoms with van der Waals surface area (Å²) in [6, 6.07) is 16.7. The van der Waals surface area contributed by atoms with Gasteiger partial charge in [0.15, 0.2) is 0 Å². The van der Waals surface area contributed by atoms with Gasteiger partial charge in [-0.3, -0.25) is 4.98 Å². The Kier molecular flexibility index (Phi) is 3.51. The largest absolute Gasteiger partial charge is 0.478 e. The van der Waals surface area contributed by atoms with Crippen molar-refractivity contribution in [1.29, 1.82) is 0 Å². The van der Waals surface area contributed by atoms with E-state index in [2.05, 4.69) is 10.3 Å². The SMILES string of the molecule is O=C(O)c1cccc(NCc2ccnc3ccccc23)c1. The maximum atomic E-state index is 11.0. The molecular weight excluding hydrogens is 264 g/mol. The van der Waals surface area contributed by atoms with Gasteiger partial charge in [-0.25, -0.2) is 4.79 Å². The van der Waals surface area contributed by atoms with Crippen molar-refractivity contribution in [3.05, 3.63) is 71.9 Å². The topological polar surface area (TPSA) is 62.2 Å². The number of nitrogens with zero attached hydrogens (tertiary/aromatic N) is 1. The Hall–Kier alpha value is -2.88. The fourth-order valence-corrected chi connectivity index (χ4v) is 2.27. The van der Waals surface area contributed by atoms with Gasteiger partial charge in [0, 0.05) is 23.8 Å². The maximum Gasteiger partial charge on any atom is 0.335 e. The van der Waals surface area contributed by atoms with Crippen LogP contribution in [0.4, 0.5) is 5.69 Å². The molecule has 2 aromatic carbocycles. The van der Waals surface area contributed by atoms with E-state index in [-0.39, 0.29) is 5.56 Å². The van der Waals surface area contributed by atoms with Crippen LogP contribution in [-0.2, 0) is 6.54 Å². The zero-order valence-electron chi connectivity index (χ0n) is 11.3. The second kappa shape index (κ2) is 5.63. The lowest BCUT2D eigenvalue weighted by Crippen LogP contribution is -2.02. The predicted octanol–water partition coefficient (Wildman–Crippen LogP) is 3.55. The van der Waals surface area contributed by atoms with E-state index in [1.807, 2.05) is 36.4 Å². The molecule has 0 atom stereocenters. The molecule has 0 aliphatic carbocycles. The first kappa shape index (κ1) is 13.1. The van der Waals surface area contributed by atoms with Crippen LogP contribution >= 0.6 is 0 Å². The third-order valence-electron chi connectivity index (χ3n) is 3.33. The smallest absolute Gasteiger partial charge is 0.335 e. The number of rotatable bonds is 4.